The summed E-state index contributed by atoms with van der Waals surface area (Å²) in [6.07, 6.45) is 3.35. The Kier molecular flexibility index (Phi) is 1.75. The Morgan fingerprint density at radius 3 is 3.00 bits per heavy atom. The average Bonchev–Trinajstić information content (AvgIpc) is 2.57. The number of rotatable bonds is 1. The first-order chi connectivity index (χ1) is 5.88. The molecule has 2 aromatic heterocycles. The molecule has 2 N–H and O–H groups in total. The molecule has 0 aromatic carbocycles. The van der Waals surface area contributed by atoms with Crippen molar-refractivity contribution in [1.29, 1.82) is 0 Å². The number of pyridine rings is 1. The summed E-state index contributed by atoms with van der Waals surface area (Å²) in [4.78, 5) is 8.06. The van der Waals surface area contributed by atoms with Crippen molar-refractivity contribution in [1.82, 2.24) is 9.97 Å². The number of thiazole rings is 1. The number of nitrogen functional groups attached to an aromatic ring is 1. The number of anilines is 1. The number of hydrogen-bond acceptors (Lipinski definition) is 4. The predicted octanol–water partition coefficient (Wildman–Crippen LogP) is 1.79. The zero-order chi connectivity index (χ0) is 8.39. The van der Waals surface area contributed by atoms with Crippen molar-refractivity contribution in [3.05, 3.63) is 29.4 Å². The van der Waals surface area contributed by atoms with Crippen molar-refractivity contribution in [3.63, 3.8) is 0 Å². The molecule has 2 aromatic rings. The third-order valence-corrected chi connectivity index (χ3v) is 2.15. The van der Waals surface area contributed by atoms with Crippen LogP contribution in [0.1, 0.15) is 0 Å². The van der Waals surface area contributed by atoms with Crippen molar-refractivity contribution < 1.29 is 0 Å². The van der Waals surface area contributed by atoms with Crippen LogP contribution in [-0.4, -0.2) is 9.97 Å². The van der Waals surface area contributed by atoms with Gasteiger partial charge in [-0.05, 0) is 6.07 Å². The third-order valence-electron chi connectivity index (χ3n) is 1.56. The first-order valence-corrected chi connectivity index (χ1v) is 4.40. The van der Waals surface area contributed by atoms with Gasteiger partial charge in [0.05, 0.1) is 23.1 Å². The summed E-state index contributed by atoms with van der Waals surface area (Å²) >= 11 is 1.56. The molecule has 0 fully saturated rings. The summed E-state index contributed by atoms with van der Waals surface area (Å²) < 4.78 is 0. The van der Waals surface area contributed by atoms with Gasteiger partial charge in [-0.3, -0.25) is 4.98 Å². The highest BCUT2D eigenvalue weighted by Gasteiger charge is 2.02. The fourth-order valence-corrected chi connectivity index (χ4v) is 1.54. The Hall–Kier alpha value is -1.42. The molecule has 0 saturated heterocycles. The zero-order valence-electron chi connectivity index (χ0n) is 6.27. The van der Waals surface area contributed by atoms with Gasteiger partial charge >= 0.3 is 0 Å². The molecule has 0 amide bonds. The minimum Gasteiger partial charge on any atom is -0.397 e. The highest BCUT2D eigenvalue weighted by molar-refractivity contribution is 7.07. The van der Waals surface area contributed by atoms with Crippen LogP contribution in [-0.2, 0) is 0 Å². The summed E-state index contributed by atoms with van der Waals surface area (Å²) in [7, 11) is 0. The van der Waals surface area contributed by atoms with E-state index in [1.54, 1.807) is 29.2 Å². The smallest absolute Gasteiger partial charge is 0.0832 e. The normalized spacial score (nSPS) is 10.0. The summed E-state index contributed by atoms with van der Waals surface area (Å²) in [6, 6.07) is 1.87. The van der Waals surface area contributed by atoms with E-state index in [0.717, 1.165) is 11.3 Å². The molecule has 0 bridgehead atoms. The van der Waals surface area contributed by atoms with Gasteiger partial charge in [0, 0.05) is 17.1 Å². The molecule has 60 valence electrons. The van der Waals surface area contributed by atoms with E-state index in [0.29, 0.717) is 5.69 Å². The molecule has 0 aliphatic carbocycles. The van der Waals surface area contributed by atoms with Crippen LogP contribution in [0.15, 0.2) is 29.4 Å². The van der Waals surface area contributed by atoms with Gasteiger partial charge in [0.1, 0.15) is 0 Å². The molecule has 0 atom stereocenters. The van der Waals surface area contributed by atoms with E-state index in [9.17, 15) is 0 Å². The molecule has 2 heterocycles. The molecule has 2 rings (SSSR count). The van der Waals surface area contributed by atoms with Crippen LogP contribution < -0.4 is 5.73 Å². The highest BCUT2D eigenvalue weighted by Crippen LogP contribution is 2.23. The van der Waals surface area contributed by atoms with Crippen LogP contribution in [0, 0.1) is 0 Å². The van der Waals surface area contributed by atoms with Gasteiger partial charge in [0.25, 0.3) is 0 Å². The van der Waals surface area contributed by atoms with E-state index in [-0.39, 0.29) is 0 Å². The highest BCUT2D eigenvalue weighted by atomic mass is 32.1. The maximum Gasteiger partial charge on any atom is 0.0832 e. The van der Waals surface area contributed by atoms with Crippen LogP contribution in [0.3, 0.4) is 0 Å². The lowest BCUT2D eigenvalue weighted by Crippen LogP contribution is -1.90. The Labute approximate surface area is 73.9 Å². The van der Waals surface area contributed by atoms with Gasteiger partial charge in [-0.25, -0.2) is 4.98 Å². The Bertz CT molecular complexity index is 370. The number of hydrogen-bond donors (Lipinski definition) is 1. The first-order valence-electron chi connectivity index (χ1n) is 3.46. The first kappa shape index (κ1) is 7.24. The van der Waals surface area contributed by atoms with Crippen LogP contribution in [0.2, 0.25) is 0 Å². The third kappa shape index (κ3) is 1.16. The molecule has 3 nitrogen and oxygen atoms in total. The van der Waals surface area contributed by atoms with Crippen LogP contribution in [0.5, 0.6) is 0 Å². The molecule has 0 aliphatic heterocycles. The maximum atomic E-state index is 5.71. The van der Waals surface area contributed by atoms with Crippen molar-refractivity contribution >= 4 is 17.0 Å². The molecule has 0 radical (unpaired) electrons. The quantitative estimate of drug-likeness (QED) is 0.722. The second-order valence-corrected chi connectivity index (χ2v) is 3.06. The summed E-state index contributed by atoms with van der Waals surface area (Å²) in [5.41, 5.74) is 10.0. The minimum atomic E-state index is 0.670. The Balaban J connectivity index is 2.55. The SMILES string of the molecule is Nc1cnccc1-c1cscn1. The van der Waals surface area contributed by atoms with Crippen molar-refractivity contribution in [3.8, 4) is 11.3 Å². The Morgan fingerprint density at radius 2 is 2.33 bits per heavy atom. The predicted molar refractivity (Wildman–Crippen MR) is 49.8 cm³/mol. The van der Waals surface area contributed by atoms with E-state index >= 15 is 0 Å². The second-order valence-electron chi connectivity index (χ2n) is 2.34. The van der Waals surface area contributed by atoms with Gasteiger partial charge in [-0.15, -0.1) is 11.3 Å². The molecule has 0 spiro atoms. The Morgan fingerprint density at radius 1 is 1.42 bits per heavy atom. The maximum absolute atomic E-state index is 5.71. The largest absolute Gasteiger partial charge is 0.397 e. The van der Waals surface area contributed by atoms with Crippen LogP contribution in [0.4, 0.5) is 5.69 Å². The summed E-state index contributed by atoms with van der Waals surface area (Å²) in [5, 5.41) is 1.96. The molecule has 4 heteroatoms. The number of nitrogens with two attached hydrogens (primary N) is 1. The van der Waals surface area contributed by atoms with Gasteiger partial charge in [0.2, 0.25) is 0 Å². The lowest BCUT2D eigenvalue weighted by Gasteiger charge is -1.98. The number of nitrogens with zero attached hydrogens (tertiary/aromatic N) is 2. The van der Waals surface area contributed by atoms with Crippen molar-refractivity contribution in [2.75, 3.05) is 5.73 Å². The zero-order valence-corrected chi connectivity index (χ0v) is 7.08. The van der Waals surface area contributed by atoms with Gasteiger partial charge < -0.3 is 5.73 Å². The molecule has 12 heavy (non-hydrogen) atoms. The van der Waals surface area contributed by atoms with Crippen LogP contribution >= 0.6 is 11.3 Å². The fraction of sp³-hybridized carbons (Fsp3) is 0. The van der Waals surface area contributed by atoms with E-state index in [1.165, 1.54) is 0 Å². The molecule has 0 unspecified atom stereocenters. The van der Waals surface area contributed by atoms with E-state index < -0.39 is 0 Å². The standard InChI is InChI=1S/C8H7N3S/c9-7-3-10-2-1-6(7)8-4-12-5-11-8/h1-5H,9H2. The average molecular weight is 177 g/mol. The lowest BCUT2D eigenvalue weighted by molar-refractivity contribution is 1.32. The minimum absolute atomic E-state index is 0.670. The molecule has 0 saturated carbocycles. The topological polar surface area (TPSA) is 51.8 Å². The van der Waals surface area contributed by atoms with E-state index in [4.69, 9.17) is 5.73 Å². The van der Waals surface area contributed by atoms with E-state index in [2.05, 4.69) is 9.97 Å². The van der Waals surface area contributed by atoms with Crippen molar-refractivity contribution in [2.45, 2.75) is 0 Å². The van der Waals surface area contributed by atoms with Gasteiger partial charge in [0.15, 0.2) is 0 Å². The molecular weight excluding hydrogens is 170 g/mol. The lowest BCUT2D eigenvalue weighted by atomic mass is 10.2. The molecule has 0 aliphatic rings. The van der Waals surface area contributed by atoms with Gasteiger partial charge in [-0.1, -0.05) is 0 Å². The monoisotopic (exact) mass is 177 g/mol. The van der Waals surface area contributed by atoms with E-state index in [1.807, 2.05) is 11.4 Å². The number of aromatic nitrogens is 2. The van der Waals surface area contributed by atoms with Gasteiger partial charge in [-0.2, -0.15) is 0 Å². The molecular formula is C8H7N3S. The van der Waals surface area contributed by atoms with Crippen molar-refractivity contribution in [2.24, 2.45) is 0 Å². The fourth-order valence-electron chi connectivity index (χ4n) is 0.985. The van der Waals surface area contributed by atoms with Crippen LogP contribution in [0.25, 0.3) is 11.3 Å². The summed E-state index contributed by atoms with van der Waals surface area (Å²) in [5.74, 6) is 0. The second kappa shape index (κ2) is 2.91. The summed E-state index contributed by atoms with van der Waals surface area (Å²) in [6.45, 7) is 0.